The molecule has 2 nitrogen and oxygen atoms in total. The van der Waals surface area contributed by atoms with E-state index in [1.807, 2.05) is 24.3 Å². The fraction of sp³-hybridized carbons (Fsp3) is 0.571. The molecule has 0 saturated heterocycles. The van der Waals surface area contributed by atoms with Crippen LogP contribution in [0.15, 0.2) is 28.7 Å². The van der Waals surface area contributed by atoms with Crippen LogP contribution in [0.1, 0.15) is 25.7 Å². The van der Waals surface area contributed by atoms with Gasteiger partial charge in [-0.2, -0.15) is 0 Å². The maximum absolute atomic E-state index is 5.63. The van der Waals surface area contributed by atoms with Crippen molar-refractivity contribution >= 4 is 31.9 Å². The average molecular weight is 379 g/mol. The molecular weight excluding hydrogens is 358 g/mol. The molecule has 18 heavy (non-hydrogen) atoms. The van der Waals surface area contributed by atoms with Gasteiger partial charge in [0.1, 0.15) is 12.4 Å². The monoisotopic (exact) mass is 377 g/mol. The first-order chi connectivity index (χ1) is 8.83. The number of benzene rings is 1. The highest BCUT2D eigenvalue weighted by Crippen LogP contribution is 2.17. The molecule has 0 bridgehead atoms. The van der Waals surface area contributed by atoms with E-state index in [-0.39, 0.29) is 0 Å². The van der Waals surface area contributed by atoms with Crippen LogP contribution in [0.4, 0.5) is 0 Å². The summed E-state index contributed by atoms with van der Waals surface area (Å²) in [5, 5.41) is 4.52. The lowest BCUT2D eigenvalue weighted by Gasteiger charge is -2.07. The molecule has 1 N–H and O–H groups in total. The summed E-state index contributed by atoms with van der Waals surface area (Å²) in [4.78, 5) is 0. The van der Waals surface area contributed by atoms with Crippen molar-refractivity contribution in [2.24, 2.45) is 0 Å². The summed E-state index contributed by atoms with van der Waals surface area (Å²) in [6, 6.07) is 7.94. The molecule has 0 spiro atoms. The van der Waals surface area contributed by atoms with Gasteiger partial charge in [0, 0.05) is 16.3 Å². The highest BCUT2D eigenvalue weighted by Gasteiger charge is 1.94. The van der Waals surface area contributed by atoms with Crippen LogP contribution in [-0.4, -0.2) is 25.0 Å². The van der Waals surface area contributed by atoms with Crippen LogP contribution in [0.2, 0.25) is 0 Å². The standard InChI is InChI=1S/C14H21Br2NO/c15-8-3-1-2-4-9-17-10-11-18-14-7-5-6-13(16)12-14/h5-7,12,17H,1-4,8-11H2. The second-order valence-electron chi connectivity index (χ2n) is 4.16. The Morgan fingerprint density at radius 2 is 1.89 bits per heavy atom. The molecule has 0 aliphatic carbocycles. The van der Waals surface area contributed by atoms with E-state index < -0.39 is 0 Å². The Labute approximate surface area is 127 Å². The minimum Gasteiger partial charge on any atom is -0.492 e. The first kappa shape index (κ1) is 16.0. The van der Waals surface area contributed by atoms with Crippen molar-refractivity contribution in [2.45, 2.75) is 25.7 Å². The maximum Gasteiger partial charge on any atom is 0.120 e. The van der Waals surface area contributed by atoms with E-state index in [2.05, 4.69) is 37.2 Å². The van der Waals surface area contributed by atoms with Crippen molar-refractivity contribution < 1.29 is 4.74 Å². The van der Waals surface area contributed by atoms with Gasteiger partial charge in [-0.1, -0.05) is 50.8 Å². The third-order valence-electron chi connectivity index (χ3n) is 2.58. The number of hydrogen-bond donors (Lipinski definition) is 1. The molecule has 0 atom stereocenters. The van der Waals surface area contributed by atoms with Gasteiger partial charge in [-0.15, -0.1) is 0 Å². The van der Waals surface area contributed by atoms with E-state index in [1.165, 1.54) is 25.7 Å². The van der Waals surface area contributed by atoms with Crippen LogP contribution in [-0.2, 0) is 0 Å². The number of nitrogens with one attached hydrogen (secondary N) is 1. The zero-order chi connectivity index (χ0) is 13.1. The number of unbranched alkanes of at least 4 members (excludes halogenated alkanes) is 3. The fourth-order valence-corrected chi connectivity index (χ4v) is 2.40. The van der Waals surface area contributed by atoms with E-state index in [4.69, 9.17) is 4.74 Å². The average Bonchev–Trinajstić information content (AvgIpc) is 2.37. The van der Waals surface area contributed by atoms with Crippen molar-refractivity contribution in [3.8, 4) is 5.75 Å². The van der Waals surface area contributed by atoms with Gasteiger partial charge >= 0.3 is 0 Å². The SMILES string of the molecule is BrCCCCCCNCCOc1cccc(Br)c1. The number of halogens is 2. The molecule has 0 radical (unpaired) electrons. The summed E-state index contributed by atoms with van der Waals surface area (Å²) in [6.07, 6.45) is 5.17. The van der Waals surface area contributed by atoms with Gasteiger partial charge in [-0.05, 0) is 37.6 Å². The molecule has 1 rings (SSSR count). The van der Waals surface area contributed by atoms with Crippen LogP contribution in [0, 0.1) is 0 Å². The Kier molecular flexibility index (Phi) is 9.62. The Morgan fingerprint density at radius 1 is 1.06 bits per heavy atom. The lowest BCUT2D eigenvalue weighted by molar-refractivity contribution is 0.313. The van der Waals surface area contributed by atoms with Crippen molar-refractivity contribution in [1.82, 2.24) is 5.32 Å². The van der Waals surface area contributed by atoms with E-state index in [0.717, 1.165) is 35.2 Å². The molecule has 0 aliphatic heterocycles. The lowest BCUT2D eigenvalue weighted by atomic mass is 10.2. The minimum absolute atomic E-state index is 0.720. The van der Waals surface area contributed by atoms with E-state index >= 15 is 0 Å². The normalized spacial score (nSPS) is 10.6. The van der Waals surface area contributed by atoms with Gasteiger partial charge in [0.2, 0.25) is 0 Å². The Bertz CT molecular complexity index is 320. The summed E-state index contributed by atoms with van der Waals surface area (Å²) < 4.78 is 6.69. The van der Waals surface area contributed by atoms with E-state index in [1.54, 1.807) is 0 Å². The molecule has 102 valence electrons. The van der Waals surface area contributed by atoms with Crippen LogP contribution in [0.5, 0.6) is 5.75 Å². The molecule has 4 heteroatoms. The summed E-state index contributed by atoms with van der Waals surface area (Å²) in [5.74, 6) is 0.920. The topological polar surface area (TPSA) is 21.3 Å². The molecular formula is C14H21Br2NO. The Hall–Kier alpha value is -0.0600. The molecule has 0 aliphatic rings. The van der Waals surface area contributed by atoms with Gasteiger partial charge in [-0.3, -0.25) is 0 Å². The third kappa shape index (κ3) is 8.11. The summed E-state index contributed by atoms with van der Waals surface area (Å²) in [7, 11) is 0. The predicted molar refractivity (Wildman–Crippen MR) is 84.8 cm³/mol. The first-order valence-corrected chi connectivity index (χ1v) is 8.39. The fourth-order valence-electron chi connectivity index (χ4n) is 1.62. The lowest BCUT2D eigenvalue weighted by Crippen LogP contribution is -2.22. The molecule has 0 aromatic heterocycles. The quantitative estimate of drug-likeness (QED) is 0.482. The molecule has 1 aromatic rings. The molecule has 0 amide bonds. The first-order valence-electron chi connectivity index (χ1n) is 6.48. The van der Waals surface area contributed by atoms with Crippen LogP contribution in [0.25, 0.3) is 0 Å². The second-order valence-corrected chi connectivity index (χ2v) is 5.87. The summed E-state index contributed by atoms with van der Waals surface area (Å²) >= 11 is 6.87. The zero-order valence-corrected chi connectivity index (χ0v) is 13.8. The zero-order valence-electron chi connectivity index (χ0n) is 10.6. The number of alkyl halides is 1. The van der Waals surface area contributed by atoms with Gasteiger partial charge in [0.05, 0.1) is 0 Å². The minimum atomic E-state index is 0.720. The van der Waals surface area contributed by atoms with Gasteiger partial charge in [-0.25, -0.2) is 0 Å². The van der Waals surface area contributed by atoms with Gasteiger partial charge in [0.15, 0.2) is 0 Å². The smallest absolute Gasteiger partial charge is 0.120 e. The predicted octanol–water partition coefficient (Wildman–Crippen LogP) is 4.37. The molecule has 0 fully saturated rings. The maximum atomic E-state index is 5.63. The molecule has 0 heterocycles. The van der Waals surface area contributed by atoms with Crippen LogP contribution >= 0.6 is 31.9 Å². The largest absolute Gasteiger partial charge is 0.492 e. The number of ether oxygens (including phenoxy) is 1. The number of rotatable bonds is 10. The van der Waals surface area contributed by atoms with Crippen molar-refractivity contribution in [1.29, 1.82) is 0 Å². The van der Waals surface area contributed by atoms with E-state index in [9.17, 15) is 0 Å². The van der Waals surface area contributed by atoms with Crippen LogP contribution < -0.4 is 10.1 Å². The summed E-state index contributed by atoms with van der Waals surface area (Å²) in [5.41, 5.74) is 0. The number of hydrogen-bond acceptors (Lipinski definition) is 2. The Morgan fingerprint density at radius 3 is 2.67 bits per heavy atom. The highest BCUT2D eigenvalue weighted by atomic mass is 79.9. The molecule has 0 unspecified atom stereocenters. The van der Waals surface area contributed by atoms with Crippen molar-refractivity contribution in [2.75, 3.05) is 25.0 Å². The van der Waals surface area contributed by atoms with Gasteiger partial charge in [0.25, 0.3) is 0 Å². The Balaban J connectivity index is 1.92. The molecule has 1 aromatic carbocycles. The van der Waals surface area contributed by atoms with Crippen molar-refractivity contribution in [3.05, 3.63) is 28.7 Å². The molecule has 0 saturated carbocycles. The second kappa shape index (κ2) is 10.8. The van der Waals surface area contributed by atoms with E-state index in [0.29, 0.717) is 0 Å². The van der Waals surface area contributed by atoms with Crippen molar-refractivity contribution in [3.63, 3.8) is 0 Å². The van der Waals surface area contributed by atoms with Crippen LogP contribution in [0.3, 0.4) is 0 Å². The highest BCUT2D eigenvalue weighted by molar-refractivity contribution is 9.10. The third-order valence-corrected chi connectivity index (χ3v) is 3.63. The van der Waals surface area contributed by atoms with Gasteiger partial charge < -0.3 is 10.1 Å². The summed E-state index contributed by atoms with van der Waals surface area (Å²) in [6.45, 7) is 2.72.